The number of methoxy groups -OCH3 is 1. The van der Waals surface area contributed by atoms with E-state index in [-0.39, 0.29) is 11.3 Å². The minimum Gasteiger partial charge on any atom is -0.496 e. The van der Waals surface area contributed by atoms with Crippen LogP contribution in [0.25, 0.3) is 0 Å². The number of benzene rings is 1. The number of carbonyl (C=O) groups is 1. The number of carbonyl (C=O) groups excluding carboxylic acids is 1. The van der Waals surface area contributed by atoms with E-state index in [0.717, 1.165) is 6.07 Å². The molecule has 4 heteroatoms. The quantitative estimate of drug-likeness (QED) is 0.714. The number of halogens is 1. The molecule has 3 nitrogen and oxygen atoms in total. The second-order valence-electron chi connectivity index (χ2n) is 3.06. The highest BCUT2D eigenvalue weighted by Gasteiger charge is 2.19. The topological polar surface area (TPSA) is 50.1 Å². The molecule has 15 heavy (non-hydrogen) atoms. The van der Waals surface area contributed by atoms with Gasteiger partial charge in [-0.25, -0.2) is 4.39 Å². The van der Waals surface area contributed by atoms with E-state index in [4.69, 9.17) is 10.00 Å². The summed E-state index contributed by atoms with van der Waals surface area (Å²) < 4.78 is 17.8. The van der Waals surface area contributed by atoms with E-state index in [1.54, 1.807) is 6.07 Å². The monoisotopic (exact) mass is 207 g/mol. The fourth-order valence-corrected chi connectivity index (χ4v) is 1.16. The molecule has 0 fully saturated rings. The lowest BCUT2D eigenvalue weighted by Crippen LogP contribution is -2.11. The highest BCUT2D eigenvalue weighted by Crippen LogP contribution is 2.22. The molecule has 0 aliphatic carbocycles. The van der Waals surface area contributed by atoms with Gasteiger partial charge in [0.2, 0.25) is 0 Å². The average Bonchev–Trinajstić information content (AvgIpc) is 2.27. The summed E-state index contributed by atoms with van der Waals surface area (Å²) in [6, 6.07) is 5.45. The zero-order valence-electron chi connectivity index (χ0n) is 8.45. The van der Waals surface area contributed by atoms with Gasteiger partial charge in [0, 0.05) is 0 Å². The first-order valence-corrected chi connectivity index (χ1v) is 4.37. The summed E-state index contributed by atoms with van der Waals surface area (Å²) >= 11 is 0. The highest BCUT2D eigenvalue weighted by atomic mass is 19.1. The van der Waals surface area contributed by atoms with E-state index in [1.165, 1.54) is 26.2 Å². The van der Waals surface area contributed by atoms with E-state index >= 15 is 0 Å². The van der Waals surface area contributed by atoms with E-state index in [0.29, 0.717) is 0 Å². The predicted octanol–water partition coefficient (Wildman–Crippen LogP) is 2.18. The Balaban J connectivity index is 3.18. The van der Waals surface area contributed by atoms with Crippen molar-refractivity contribution in [2.75, 3.05) is 7.11 Å². The molecule has 0 amide bonds. The van der Waals surface area contributed by atoms with E-state index in [9.17, 15) is 9.18 Å². The third kappa shape index (κ3) is 2.32. The summed E-state index contributed by atoms with van der Waals surface area (Å²) in [5, 5.41) is 8.59. The fraction of sp³-hybridized carbons (Fsp3) is 0.273. The van der Waals surface area contributed by atoms with Gasteiger partial charge in [0.1, 0.15) is 17.5 Å². The first kappa shape index (κ1) is 11.2. The van der Waals surface area contributed by atoms with Crippen molar-refractivity contribution in [1.82, 2.24) is 0 Å². The van der Waals surface area contributed by atoms with Crippen LogP contribution in [0.15, 0.2) is 18.2 Å². The minimum atomic E-state index is -0.805. The summed E-state index contributed by atoms with van der Waals surface area (Å²) in [5.74, 6) is -1.48. The third-order valence-corrected chi connectivity index (χ3v) is 2.01. The van der Waals surface area contributed by atoms with E-state index < -0.39 is 17.5 Å². The van der Waals surface area contributed by atoms with Crippen LogP contribution in [0.2, 0.25) is 0 Å². The number of rotatable bonds is 3. The Labute approximate surface area is 87.1 Å². The summed E-state index contributed by atoms with van der Waals surface area (Å²) in [5.41, 5.74) is 0.103. The van der Waals surface area contributed by atoms with Gasteiger partial charge >= 0.3 is 0 Å². The molecule has 0 saturated heterocycles. The number of hydrogen-bond acceptors (Lipinski definition) is 3. The van der Waals surface area contributed by atoms with Gasteiger partial charge in [-0.1, -0.05) is 0 Å². The number of nitrogens with zero attached hydrogens (tertiary/aromatic N) is 1. The second-order valence-corrected chi connectivity index (χ2v) is 3.06. The minimum absolute atomic E-state index is 0.103. The number of Topliss-reactive ketones (excluding diaryl/α,β-unsaturated/α-hetero) is 1. The zero-order chi connectivity index (χ0) is 11.4. The lowest BCUT2D eigenvalue weighted by Gasteiger charge is -2.08. The smallest absolute Gasteiger partial charge is 0.183 e. The molecule has 78 valence electrons. The normalized spacial score (nSPS) is 11.6. The number of nitriles is 1. The lowest BCUT2D eigenvalue weighted by molar-refractivity contribution is 0.0953. The molecule has 0 bridgehead atoms. The fourth-order valence-electron chi connectivity index (χ4n) is 1.16. The molecule has 0 N–H and O–H groups in total. The largest absolute Gasteiger partial charge is 0.496 e. The van der Waals surface area contributed by atoms with Crippen LogP contribution in [0.1, 0.15) is 17.3 Å². The molecular weight excluding hydrogens is 197 g/mol. The first-order chi connectivity index (χ1) is 7.10. The van der Waals surface area contributed by atoms with Gasteiger partial charge in [-0.3, -0.25) is 4.79 Å². The number of ether oxygens (including phenoxy) is 1. The Morgan fingerprint density at radius 3 is 2.80 bits per heavy atom. The summed E-state index contributed by atoms with van der Waals surface area (Å²) in [7, 11) is 1.39. The van der Waals surface area contributed by atoms with Crippen molar-refractivity contribution in [3.05, 3.63) is 29.6 Å². The van der Waals surface area contributed by atoms with Gasteiger partial charge in [-0.2, -0.15) is 5.26 Å². The molecule has 1 aromatic rings. The molecule has 0 aliphatic rings. The Morgan fingerprint density at radius 1 is 1.60 bits per heavy atom. The van der Waals surface area contributed by atoms with Crippen LogP contribution in [-0.2, 0) is 0 Å². The summed E-state index contributed by atoms with van der Waals surface area (Å²) in [6.07, 6.45) is 0. The molecule has 0 saturated carbocycles. The van der Waals surface area contributed by atoms with Gasteiger partial charge in [-0.05, 0) is 25.1 Å². The molecule has 1 aromatic carbocycles. The first-order valence-electron chi connectivity index (χ1n) is 4.37. The molecule has 1 atom stereocenters. The SMILES string of the molecule is COc1ccc(F)cc1C(=O)C(C)C#N. The van der Waals surface area contributed by atoms with Gasteiger partial charge in [0.25, 0.3) is 0 Å². The molecule has 0 aliphatic heterocycles. The molecule has 1 rings (SSSR count). The number of ketones is 1. The lowest BCUT2D eigenvalue weighted by atomic mass is 10.00. The molecule has 0 heterocycles. The van der Waals surface area contributed by atoms with Crippen LogP contribution in [0, 0.1) is 23.1 Å². The average molecular weight is 207 g/mol. The van der Waals surface area contributed by atoms with E-state index in [1.807, 2.05) is 0 Å². The zero-order valence-corrected chi connectivity index (χ0v) is 8.45. The predicted molar refractivity (Wildman–Crippen MR) is 52.1 cm³/mol. The number of hydrogen-bond donors (Lipinski definition) is 0. The van der Waals surface area contributed by atoms with Crippen LogP contribution in [-0.4, -0.2) is 12.9 Å². The van der Waals surface area contributed by atoms with Crippen molar-refractivity contribution in [2.24, 2.45) is 5.92 Å². The van der Waals surface area contributed by atoms with E-state index in [2.05, 4.69) is 0 Å². The summed E-state index contributed by atoms with van der Waals surface area (Å²) in [4.78, 5) is 11.6. The Hall–Kier alpha value is -1.89. The summed E-state index contributed by atoms with van der Waals surface area (Å²) in [6.45, 7) is 1.46. The Morgan fingerprint density at radius 2 is 2.27 bits per heavy atom. The molecule has 0 aromatic heterocycles. The maximum Gasteiger partial charge on any atom is 0.183 e. The van der Waals surface area contributed by atoms with Crippen LogP contribution in [0.5, 0.6) is 5.75 Å². The van der Waals surface area contributed by atoms with Gasteiger partial charge in [0.15, 0.2) is 5.78 Å². The third-order valence-electron chi connectivity index (χ3n) is 2.01. The maximum atomic E-state index is 12.9. The van der Waals surface area contributed by atoms with Crippen LogP contribution >= 0.6 is 0 Å². The molecule has 0 radical (unpaired) electrons. The van der Waals surface area contributed by atoms with Crippen molar-refractivity contribution < 1.29 is 13.9 Å². The van der Waals surface area contributed by atoms with Crippen LogP contribution in [0.3, 0.4) is 0 Å². The van der Waals surface area contributed by atoms with Gasteiger partial charge in [-0.15, -0.1) is 0 Å². The molecule has 1 unspecified atom stereocenters. The molecular formula is C11H10FNO2. The van der Waals surface area contributed by atoms with Gasteiger partial charge < -0.3 is 4.74 Å². The maximum absolute atomic E-state index is 12.9. The Bertz CT molecular complexity index is 423. The highest BCUT2D eigenvalue weighted by molar-refractivity contribution is 6.01. The van der Waals surface area contributed by atoms with Crippen molar-refractivity contribution in [3.63, 3.8) is 0 Å². The van der Waals surface area contributed by atoms with Crippen LogP contribution in [0.4, 0.5) is 4.39 Å². The van der Waals surface area contributed by atoms with Crippen molar-refractivity contribution in [3.8, 4) is 11.8 Å². The van der Waals surface area contributed by atoms with Crippen molar-refractivity contribution in [1.29, 1.82) is 5.26 Å². The van der Waals surface area contributed by atoms with Crippen LogP contribution < -0.4 is 4.74 Å². The standard InChI is InChI=1S/C11H10FNO2/c1-7(6-13)11(14)9-5-8(12)3-4-10(9)15-2/h3-5,7H,1-2H3. The Kier molecular flexibility index (Phi) is 3.40. The van der Waals surface area contributed by atoms with Gasteiger partial charge in [0.05, 0.1) is 18.7 Å². The molecule has 0 spiro atoms. The van der Waals surface area contributed by atoms with Crippen molar-refractivity contribution >= 4 is 5.78 Å². The van der Waals surface area contributed by atoms with Crippen molar-refractivity contribution in [2.45, 2.75) is 6.92 Å². The second kappa shape index (κ2) is 4.56.